The van der Waals surface area contributed by atoms with Crippen LogP contribution in [0.4, 0.5) is 5.69 Å². The molecule has 2 aliphatic rings. The van der Waals surface area contributed by atoms with Crippen LogP contribution < -0.4 is 20.7 Å². The molecule has 0 spiro atoms. The van der Waals surface area contributed by atoms with E-state index in [0.29, 0.717) is 39.6 Å². The molecule has 0 radical (unpaired) electrons. The Morgan fingerprint density at radius 1 is 0.843 bits per heavy atom. The maximum absolute atomic E-state index is 13.1. The second-order valence-corrected chi connectivity index (χ2v) is 12.6. The highest BCUT2D eigenvalue weighted by atomic mass is 32.1. The lowest BCUT2D eigenvalue weighted by atomic mass is 10.0. The number of hydrogen-bond acceptors (Lipinski definition) is 12. The van der Waals surface area contributed by atoms with Crippen LogP contribution in [-0.2, 0) is 28.6 Å². The molecule has 3 N–H and O–H groups in total. The lowest BCUT2D eigenvalue weighted by molar-refractivity contribution is -0.136. The van der Waals surface area contributed by atoms with E-state index in [1.54, 1.807) is 11.3 Å². The van der Waals surface area contributed by atoms with Gasteiger partial charge in [-0.05, 0) is 55.0 Å². The molecule has 1 unspecified atom stereocenters. The number of thiazole rings is 1. The summed E-state index contributed by atoms with van der Waals surface area (Å²) in [5.74, 6) is -2.91. The van der Waals surface area contributed by atoms with E-state index in [1.807, 2.05) is 30.3 Å². The highest BCUT2D eigenvalue weighted by Crippen LogP contribution is 2.34. The zero-order chi connectivity index (χ0) is 35.6. The standard InChI is InChI=1S/C36H37N5O9S/c42-30-13-12-27(33(44)40-30)41-35(45)25-4-3-6-28(32(25)36(41)46)50-22-31(43)38-15-17-48-19-21-49-20-18-47-16-14-37-24-10-8-23(9-11-24)34-39-26-5-1-2-7-29(26)51-34/h1-11,27,37H,12-22H2,(H,38,43)(H,40,42,44). The number of rotatable bonds is 18. The Bertz CT molecular complexity index is 1860. The molecule has 3 aromatic carbocycles. The molecule has 0 saturated carbocycles. The Morgan fingerprint density at radius 2 is 1.57 bits per heavy atom. The maximum atomic E-state index is 13.1. The number of carbonyl (C=O) groups excluding carboxylic acids is 5. The fourth-order valence-corrected chi connectivity index (χ4v) is 6.57. The first-order valence-electron chi connectivity index (χ1n) is 16.6. The van der Waals surface area contributed by atoms with Crippen LogP contribution in [0.2, 0.25) is 0 Å². The summed E-state index contributed by atoms with van der Waals surface area (Å²) >= 11 is 1.68. The predicted molar refractivity (Wildman–Crippen MR) is 188 cm³/mol. The van der Waals surface area contributed by atoms with Crippen LogP contribution in [0.15, 0.2) is 66.7 Å². The second-order valence-electron chi connectivity index (χ2n) is 11.6. The number of piperidine rings is 1. The van der Waals surface area contributed by atoms with Crippen molar-refractivity contribution in [1.82, 2.24) is 20.5 Å². The number of ether oxygens (including phenoxy) is 4. The number of hydrogen-bond donors (Lipinski definition) is 3. The summed E-state index contributed by atoms with van der Waals surface area (Å²) in [4.78, 5) is 67.7. The van der Waals surface area contributed by atoms with Crippen molar-refractivity contribution in [2.75, 3.05) is 64.7 Å². The first-order chi connectivity index (χ1) is 24.9. The molecule has 5 amide bonds. The third kappa shape index (κ3) is 8.93. The van der Waals surface area contributed by atoms with Gasteiger partial charge in [-0.2, -0.15) is 0 Å². The summed E-state index contributed by atoms with van der Waals surface area (Å²) in [5.41, 5.74) is 3.16. The fourth-order valence-electron chi connectivity index (χ4n) is 5.60. The van der Waals surface area contributed by atoms with Crippen LogP contribution in [0.3, 0.4) is 0 Å². The third-order valence-corrected chi connectivity index (χ3v) is 9.19. The van der Waals surface area contributed by atoms with Crippen LogP contribution in [0.25, 0.3) is 20.8 Å². The van der Waals surface area contributed by atoms with E-state index >= 15 is 0 Å². The van der Waals surface area contributed by atoms with Gasteiger partial charge in [0.25, 0.3) is 17.7 Å². The zero-order valence-electron chi connectivity index (χ0n) is 27.7. The number of nitrogens with one attached hydrogen (secondary N) is 3. The Kier molecular flexibility index (Phi) is 12.0. The lowest BCUT2D eigenvalue weighted by Crippen LogP contribution is -2.54. The quantitative estimate of drug-likeness (QED) is 0.102. The molecule has 6 rings (SSSR count). The molecule has 0 aliphatic carbocycles. The van der Waals surface area contributed by atoms with E-state index < -0.39 is 42.2 Å². The van der Waals surface area contributed by atoms with Crippen LogP contribution >= 0.6 is 11.3 Å². The summed E-state index contributed by atoms with van der Waals surface area (Å²) in [5, 5.41) is 9.17. The molecule has 51 heavy (non-hydrogen) atoms. The van der Waals surface area contributed by atoms with Gasteiger partial charge in [0.1, 0.15) is 16.8 Å². The lowest BCUT2D eigenvalue weighted by Gasteiger charge is -2.27. The average Bonchev–Trinajstić information content (AvgIpc) is 3.68. The molecule has 0 bridgehead atoms. The largest absolute Gasteiger partial charge is 0.483 e. The van der Waals surface area contributed by atoms with Crippen molar-refractivity contribution < 1.29 is 42.9 Å². The molecule has 1 saturated heterocycles. The van der Waals surface area contributed by atoms with Gasteiger partial charge in [0.05, 0.1) is 61.0 Å². The van der Waals surface area contributed by atoms with Gasteiger partial charge in [0.2, 0.25) is 11.8 Å². The van der Waals surface area contributed by atoms with Crippen molar-refractivity contribution >= 4 is 56.8 Å². The van der Waals surface area contributed by atoms with Gasteiger partial charge >= 0.3 is 0 Å². The van der Waals surface area contributed by atoms with Crippen molar-refractivity contribution in [2.45, 2.75) is 18.9 Å². The maximum Gasteiger partial charge on any atom is 0.266 e. The van der Waals surface area contributed by atoms with E-state index in [4.69, 9.17) is 23.9 Å². The van der Waals surface area contributed by atoms with Gasteiger partial charge in [0.15, 0.2) is 6.61 Å². The normalized spacial score (nSPS) is 15.6. The van der Waals surface area contributed by atoms with Crippen molar-refractivity contribution in [2.24, 2.45) is 0 Å². The Labute approximate surface area is 297 Å². The van der Waals surface area contributed by atoms with Gasteiger partial charge in [-0.25, -0.2) is 4.98 Å². The topological polar surface area (TPSA) is 174 Å². The minimum absolute atomic E-state index is 0.0166. The number of amides is 5. The van der Waals surface area contributed by atoms with Crippen molar-refractivity contribution in [1.29, 1.82) is 0 Å². The smallest absolute Gasteiger partial charge is 0.266 e. The highest BCUT2D eigenvalue weighted by molar-refractivity contribution is 7.21. The van der Waals surface area contributed by atoms with E-state index in [9.17, 15) is 24.0 Å². The van der Waals surface area contributed by atoms with Gasteiger partial charge in [-0.3, -0.25) is 34.2 Å². The summed E-state index contributed by atoms with van der Waals surface area (Å²) in [7, 11) is 0. The minimum atomic E-state index is -1.09. The van der Waals surface area contributed by atoms with E-state index in [1.165, 1.54) is 22.9 Å². The molecule has 1 atom stereocenters. The van der Waals surface area contributed by atoms with E-state index in [2.05, 4.69) is 34.1 Å². The van der Waals surface area contributed by atoms with Crippen molar-refractivity contribution in [3.63, 3.8) is 0 Å². The molecule has 2 aliphatic heterocycles. The van der Waals surface area contributed by atoms with Crippen LogP contribution in [0.1, 0.15) is 33.6 Å². The molecule has 4 aromatic rings. The number of imide groups is 2. The number of para-hydroxylation sites is 1. The fraction of sp³-hybridized carbons (Fsp3) is 0.333. The molecular weight excluding hydrogens is 678 g/mol. The average molecular weight is 716 g/mol. The van der Waals surface area contributed by atoms with Crippen molar-refractivity contribution in [3.8, 4) is 16.3 Å². The van der Waals surface area contributed by atoms with Crippen molar-refractivity contribution in [3.05, 3.63) is 77.9 Å². The molecule has 266 valence electrons. The summed E-state index contributed by atoms with van der Waals surface area (Å²) < 4.78 is 23.4. The monoisotopic (exact) mass is 715 g/mol. The molecular formula is C36H37N5O9S. The molecule has 1 aromatic heterocycles. The Balaban J connectivity index is 0.782. The van der Waals surface area contributed by atoms with Crippen LogP contribution in [-0.4, -0.2) is 105 Å². The Hall–Kier alpha value is -5.22. The van der Waals surface area contributed by atoms with Gasteiger partial charge in [-0.15, -0.1) is 11.3 Å². The summed E-state index contributed by atoms with van der Waals surface area (Å²) in [6, 6.07) is 19.7. The highest BCUT2D eigenvalue weighted by Gasteiger charge is 2.46. The number of benzene rings is 3. The molecule has 15 heteroatoms. The number of anilines is 1. The van der Waals surface area contributed by atoms with Gasteiger partial charge in [-0.1, -0.05) is 18.2 Å². The SMILES string of the molecule is O=C(COc1cccc2c1C(=O)N(C1CCC(=O)NC1=O)C2=O)NCCOCCOCCOCCNc1ccc(-c2nc3ccccc3s2)cc1. The summed E-state index contributed by atoms with van der Waals surface area (Å²) in [6.45, 7) is 2.89. The number of nitrogens with zero attached hydrogens (tertiary/aromatic N) is 2. The number of aromatic nitrogens is 1. The van der Waals surface area contributed by atoms with Gasteiger partial charge in [0, 0.05) is 30.8 Å². The minimum Gasteiger partial charge on any atom is -0.483 e. The predicted octanol–water partition coefficient (Wildman–Crippen LogP) is 3.02. The zero-order valence-corrected chi connectivity index (χ0v) is 28.5. The number of fused-ring (bicyclic) bond motifs is 2. The molecule has 3 heterocycles. The number of carbonyl (C=O) groups is 5. The van der Waals surface area contributed by atoms with E-state index in [-0.39, 0.29) is 42.9 Å². The van der Waals surface area contributed by atoms with Gasteiger partial charge < -0.3 is 29.6 Å². The van der Waals surface area contributed by atoms with Crippen LogP contribution in [0.5, 0.6) is 5.75 Å². The van der Waals surface area contributed by atoms with Crippen LogP contribution in [0, 0.1) is 0 Å². The van der Waals surface area contributed by atoms with E-state index in [0.717, 1.165) is 26.7 Å². The third-order valence-electron chi connectivity index (χ3n) is 8.10. The Morgan fingerprint density at radius 3 is 2.31 bits per heavy atom. The molecule has 1 fully saturated rings. The first-order valence-corrected chi connectivity index (χ1v) is 17.4. The summed E-state index contributed by atoms with van der Waals surface area (Å²) in [6.07, 6.45) is 0.0584. The first kappa shape index (κ1) is 35.6. The second kappa shape index (κ2) is 17.1. The molecule has 14 nitrogen and oxygen atoms in total.